The van der Waals surface area contributed by atoms with Gasteiger partial charge in [0.05, 0.1) is 0 Å². The van der Waals surface area contributed by atoms with Gasteiger partial charge in [0.15, 0.2) is 5.78 Å². The van der Waals surface area contributed by atoms with Crippen molar-refractivity contribution >= 4 is 28.4 Å². The van der Waals surface area contributed by atoms with E-state index >= 15 is 0 Å². The summed E-state index contributed by atoms with van der Waals surface area (Å²) in [5.74, 6) is 0.684. The van der Waals surface area contributed by atoms with E-state index in [1.807, 2.05) is 24.3 Å². The van der Waals surface area contributed by atoms with Crippen LogP contribution in [-0.4, -0.2) is 5.78 Å². The average Bonchev–Trinajstić information content (AvgIpc) is 2.36. The van der Waals surface area contributed by atoms with E-state index in [-0.39, 0.29) is 5.78 Å². The van der Waals surface area contributed by atoms with Gasteiger partial charge >= 0.3 is 0 Å². The smallest absolute Gasteiger partial charge is 0.164 e. The summed E-state index contributed by atoms with van der Waals surface area (Å²) in [5, 5.41) is 0. The molecule has 0 heterocycles. The Kier molecular flexibility index (Phi) is 3.20. The number of hydrogen-bond acceptors (Lipinski definition) is 1. The summed E-state index contributed by atoms with van der Waals surface area (Å²) in [4.78, 5) is 12.3. The van der Waals surface area contributed by atoms with E-state index in [1.165, 1.54) is 11.1 Å². The predicted molar refractivity (Wildman–Crippen MR) is 81.0 cm³/mol. The van der Waals surface area contributed by atoms with Crippen LogP contribution in [0, 0.1) is 3.57 Å². The van der Waals surface area contributed by atoms with Crippen LogP contribution in [0.25, 0.3) is 0 Å². The van der Waals surface area contributed by atoms with Gasteiger partial charge in [0, 0.05) is 15.6 Å². The number of benzene rings is 2. The molecule has 2 aromatic carbocycles. The molecule has 1 aliphatic carbocycles. The first-order valence-corrected chi connectivity index (χ1v) is 7.19. The Morgan fingerprint density at radius 3 is 2.61 bits per heavy atom. The molecule has 1 aliphatic rings. The number of Topliss-reactive ketones (excluding diaryl/α,β-unsaturated/α-hetero) is 1. The SMILES string of the molecule is O=C(CC1Cc2ccccc21)c1ccccc1I. The third-order valence-electron chi connectivity index (χ3n) is 3.57. The molecule has 0 N–H and O–H groups in total. The summed E-state index contributed by atoms with van der Waals surface area (Å²) >= 11 is 2.23. The molecule has 90 valence electrons. The molecule has 18 heavy (non-hydrogen) atoms. The highest BCUT2D eigenvalue weighted by molar-refractivity contribution is 14.1. The second kappa shape index (κ2) is 4.84. The van der Waals surface area contributed by atoms with Gasteiger partial charge in [-0.15, -0.1) is 0 Å². The average molecular weight is 348 g/mol. The van der Waals surface area contributed by atoms with E-state index in [9.17, 15) is 4.79 Å². The Hall–Kier alpha value is -1.16. The van der Waals surface area contributed by atoms with E-state index in [0.717, 1.165) is 15.6 Å². The summed E-state index contributed by atoms with van der Waals surface area (Å²) in [6.07, 6.45) is 1.68. The van der Waals surface area contributed by atoms with Gasteiger partial charge in [-0.05, 0) is 52.1 Å². The lowest BCUT2D eigenvalue weighted by molar-refractivity contribution is 0.0969. The number of carbonyl (C=O) groups excluding carboxylic acids is 1. The number of rotatable bonds is 3. The lowest BCUT2D eigenvalue weighted by Gasteiger charge is -2.29. The molecule has 0 saturated carbocycles. The van der Waals surface area contributed by atoms with E-state index in [2.05, 4.69) is 46.9 Å². The first-order chi connectivity index (χ1) is 8.75. The Bertz CT molecular complexity index is 604. The zero-order chi connectivity index (χ0) is 12.5. The molecule has 1 unspecified atom stereocenters. The van der Waals surface area contributed by atoms with Crippen LogP contribution in [0.15, 0.2) is 48.5 Å². The number of carbonyl (C=O) groups is 1. The Morgan fingerprint density at radius 2 is 1.83 bits per heavy atom. The summed E-state index contributed by atoms with van der Waals surface area (Å²) in [6, 6.07) is 16.2. The molecule has 1 atom stereocenters. The largest absolute Gasteiger partial charge is 0.294 e. The molecular weight excluding hydrogens is 335 g/mol. The second-order valence-corrected chi connectivity index (χ2v) is 5.87. The minimum atomic E-state index is 0.263. The highest BCUT2D eigenvalue weighted by Gasteiger charge is 2.28. The fraction of sp³-hybridized carbons (Fsp3) is 0.188. The zero-order valence-electron chi connectivity index (χ0n) is 9.90. The highest BCUT2D eigenvalue weighted by atomic mass is 127. The van der Waals surface area contributed by atoms with Crippen molar-refractivity contribution in [3.05, 3.63) is 68.8 Å². The van der Waals surface area contributed by atoms with Gasteiger partial charge in [0.2, 0.25) is 0 Å². The molecule has 3 rings (SSSR count). The van der Waals surface area contributed by atoms with E-state index in [0.29, 0.717) is 12.3 Å². The molecule has 1 nitrogen and oxygen atoms in total. The van der Waals surface area contributed by atoms with E-state index in [4.69, 9.17) is 0 Å². The lowest BCUT2D eigenvalue weighted by atomic mass is 9.74. The molecule has 2 heteroatoms. The predicted octanol–water partition coefficient (Wildman–Crippen LogP) is 4.20. The van der Waals surface area contributed by atoms with Gasteiger partial charge in [0.25, 0.3) is 0 Å². The number of hydrogen-bond donors (Lipinski definition) is 0. The number of ketones is 1. The third kappa shape index (κ3) is 2.09. The zero-order valence-corrected chi connectivity index (χ0v) is 12.1. The standard InChI is InChI=1S/C16H13IO/c17-15-8-4-3-7-14(15)16(18)10-12-9-11-5-1-2-6-13(11)12/h1-8,12H,9-10H2. The Labute approximate surface area is 120 Å². The van der Waals surface area contributed by atoms with Crippen molar-refractivity contribution in [3.8, 4) is 0 Å². The lowest BCUT2D eigenvalue weighted by Crippen LogP contribution is -2.20. The van der Waals surface area contributed by atoms with Crippen LogP contribution >= 0.6 is 22.6 Å². The van der Waals surface area contributed by atoms with Gasteiger partial charge in [-0.3, -0.25) is 4.79 Å². The monoisotopic (exact) mass is 348 g/mol. The van der Waals surface area contributed by atoms with Crippen molar-refractivity contribution in [2.24, 2.45) is 0 Å². The van der Waals surface area contributed by atoms with Crippen molar-refractivity contribution in [2.75, 3.05) is 0 Å². The van der Waals surface area contributed by atoms with Gasteiger partial charge in [-0.1, -0.05) is 42.5 Å². The minimum absolute atomic E-state index is 0.263. The normalized spacial score (nSPS) is 16.8. The van der Waals surface area contributed by atoms with Crippen molar-refractivity contribution in [1.29, 1.82) is 0 Å². The van der Waals surface area contributed by atoms with E-state index < -0.39 is 0 Å². The van der Waals surface area contributed by atoms with Crippen LogP contribution < -0.4 is 0 Å². The maximum atomic E-state index is 12.3. The summed E-state index contributed by atoms with van der Waals surface area (Å²) in [7, 11) is 0. The molecule has 0 amide bonds. The molecule has 0 aromatic heterocycles. The van der Waals surface area contributed by atoms with Gasteiger partial charge in [-0.25, -0.2) is 0 Å². The van der Waals surface area contributed by atoms with Crippen LogP contribution in [0.5, 0.6) is 0 Å². The fourth-order valence-electron chi connectivity index (χ4n) is 2.57. The van der Waals surface area contributed by atoms with Crippen LogP contribution in [0.3, 0.4) is 0 Å². The quantitative estimate of drug-likeness (QED) is 0.600. The van der Waals surface area contributed by atoms with E-state index in [1.54, 1.807) is 0 Å². The van der Waals surface area contributed by atoms with Crippen molar-refractivity contribution in [1.82, 2.24) is 0 Å². The topological polar surface area (TPSA) is 17.1 Å². The molecule has 0 fully saturated rings. The maximum absolute atomic E-state index is 12.3. The van der Waals surface area contributed by atoms with Gasteiger partial charge in [0.1, 0.15) is 0 Å². The fourth-order valence-corrected chi connectivity index (χ4v) is 3.25. The molecular formula is C16H13IO. The van der Waals surface area contributed by atoms with Crippen molar-refractivity contribution in [3.63, 3.8) is 0 Å². The van der Waals surface area contributed by atoms with Gasteiger partial charge in [-0.2, -0.15) is 0 Å². The summed E-state index contributed by atoms with van der Waals surface area (Å²) in [5.41, 5.74) is 3.62. The van der Waals surface area contributed by atoms with Crippen LogP contribution in [0.1, 0.15) is 33.8 Å². The molecule has 0 spiro atoms. The molecule has 0 aliphatic heterocycles. The molecule has 0 saturated heterocycles. The van der Waals surface area contributed by atoms with Crippen LogP contribution in [-0.2, 0) is 6.42 Å². The third-order valence-corrected chi connectivity index (χ3v) is 4.51. The van der Waals surface area contributed by atoms with Crippen LogP contribution in [0.4, 0.5) is 0 Å². The second-order valence-electron chi connectivity index (χ2n) is 4.71. The summed E-state index contributed by atoms with van der Waals surface area (Å²) in [6.45, 7) is 0. The van der Waals surface area contributed by atoms with Crippen molar-refractivity contribution in [2.45, 2.75) is 18.8 Å². The summed E-state index contributed by atoms with van der Waals surface area (Å²) < 4.78 is 1.05. The molecule has 0 bridgehead atoms. The minimum Gasteiger partial charge on any atom is -0.294 e. The first kappa shape index (κ1) is 11.9. The van der Waals surface area contributed by atoms with Gasteiger partial charge < -0.3 is 0 Å². The number of halogens is 1. The van der Waals surface area contributed by atoms with Crippen molar-refractivity contribution < 1.29 is 4.79 Å². The molecule has 2 aromatic rings. The highest BCUT2D eigenvalue weighted by Crippen LogP contribution is 2.38. The van der Waals surface area contributed by atoms with Crippen LogP contribution in [0.2, 0.25) is 0 Å². The first-order valence-electron chi connectivity index (χ1n) is 6.11. The maximum Gasteiger partial charge on any atom is 0.164 e. The Morgan fingerprint density at radius 1 is 1.11 bits per heavy atom. The number of fused-ring (bicyclic) bond motifs is 1. The Balaban J connectivity index is 1.76. The molecule has 0 radical (unpaired) electrons.